The number of hydrogen-bond acceptors (Lipinski definition) is 6. The second-order valence-electron chi connectivity index (χ2n) is 6.63. The van der Waals surface area contributed by atoms with Gasteiger partial charge in [-0.2, -0.15) is 0 Å². The summed E-state index contributed by atoms with van der Waals surface area (Å²) >= 11 is 5.86. The largest absolute Gasteiger partial charge is 0.451 e. The number of fused-ring (bicyclic) bond motifs is 2. The van der Waals surface area contributed by atoms with Gasteiger partial charge < -0.3 is 14.5 Å². The smallest absolute Gasteiger partial charge is 0.374 e. The van der Waals surface area contributed by atoms with Crippen LogP contribution in [0.2, 0.25) is 5.02 Å². The highest BCUT2D eigenvalue weighted by molar-refractivity contribution is 6.31. The Morgan fingerprint density at radius 2 is 1.93 bits per heavy atom. The lowest BCUT2D eigenvalue weighted by atomic mass is 9.99. The van der Waals surface area contributed by atoms with Gasteiger partial charge in [0.15, 0.2) is 17.8 Å². The van der Waals surface area contributed by atoms with E-state index >= 15 is 0 Å². The number of esters is 1. The van der Waals surface area contributed by atoms with Crippen LogP contribution in [-0.4, -0.2) is 24.3 Å². The fraction of sp³-hybridized carbons (Fsp3) is 0.143. The fourth-order valence-electron chi connectivity index (χ4n) is 3.11. The van der Waals surface area contributed by atoms with E-state index in [1.54, 1.807) is 25.1 Å². The predicted octanol–water partition coefficient (Wildman–Crippen LogP) is 3.54. The third kappa shape index (κ3) is 3.52. The molecule has 3 aromatic rings. The Morgan fingerprint density at radius 1 is 1.14 bits per heavy atom. The van der Waals surface area contributed by atoms with Crippen molar-refractivity contribution in [1.82, 2.24) is 0 Å². The van der Waals surface area contributed by atoms with Gasteiger partial charge in [0.05, 0.1) is 11.3 Å². The quantitative estimate of drug-likeness (QED) is 0.520. The maximum Gasteiger partial charge on any atom is 0.374 e. The van der Waals surface area contributed by atoms with E-state index in [-0.39, 0.29) is 28.6 Å². The zero-order chi connectivity index (χ0) is 20.7. The molecule has 1 atom stereocenters. The van der Waals surface area contributed by atoms with Gasteiger partial charge in [0.25, 0.3) is 0 Å². The number of benzene rings is 2. The number of rotatable bonds is 4. The number of halogens is 1. The SMILES string of the molecule is C[C@@H]1C(=O)Nc2ccc(C(=O)COC(=O)c3cc(=O)c4cc(Cl)ccc4o3)cc21. The second kappa shape index (κ2) is 7.18. The van der Waals surface area contributed by atoms with Crippen molar-refractivity contribution in [2.75, 3.05) is 11.9 Å². The number of ether oxygens (including phenoxy) is 1. The van der Waals surface area contributed by atoms with Crippen LogP contribution in [-0.2, 0) is 9.53 Å². The molecule has 0 spiro atoms. The van der Waals surface area contributed by atoms with Crippen molar-refractivity contribution < 1.29 is 23.5 Å². The number of ketones is 1. The van der Waals surface area contributed by atoms with Gasteiger partial charge in [0.2, 0.25) is 11.7 Å². The summed E-state index contributed by atoms with van der Waals surface area (Å²) in [5, 5.41) is 3.33. The molecule has 0 saturated heterocycles. The maximum absolute atomic E-state index is 12.4. The minimum atomic E-state index is -0.932. The molecule has 29 heavy (non-hydrogen) atoms. The van der Waals surface area contributed by atoms with Gasteiger partial charge in [-0.25, -0.2) is 4.79 Å². The van der Waals surface area contributed by atoms with Gasteiger partial charge in [0.1, 0.15) is 5.58 Å². The van der Waals surface area contributed by atoms with E-state index in [9.17, 15) is 19.2 Å². The van der Waals surface area contributed by atoms with Crippen LogP contribution in [0, 0.1) is 0 Å². The zero-order valence-corrected chi connectivity index (χ0v) is 15.9. The van der Waals surface area contributed by atoms with Crippen LogP contribution in [0.4, 0.5) is 5.69 Å². The molecule has 0 fully saturated rings. The molecule has 1 N–H and O–H groups in total. The first-order chi connectivity index (χ1) is 13.8. The van der Waals surface area contributed by atoms with E-state index in [0.717, 1.165) is 6.07 Å². The number of amides is 1. The molecule has 2 aromatic carbocycles. The lowest BCUT2D eigenvalue weighted by molar-refractivity contribution is -0.116. The molecule has 0 saturated carbocycles. The average Bonchev–Trinajstić information content (AvgIpc) is 2.99. The molecule has 2 heterocycles. The van der Waals surface area contributed by atoms with Crippen LogP contribution < -0.4 is 10.7 Å². The Labute approximate surface area is 169 Å². The van der Waals surface area contributed by atoms with Crippen LogP contribution >= 0.6 is 11.6 Å². The van der Waals surface area contributed by atoms with Gasteiger partial charge in [-0.05, 0) is 48.9 Å². The summed E-state index contributed by atoms with van der Waals surface area (Å²) in [5.41, 5.74) is 1.43. The van der Waals surface area contributed by atoms with E-state index < -0.39 is 23.8 Å². The summed E-state index contributed by atoms with van der Waals surface area (Å²) in [6.07, 6.45) is 0. The number of anilines is 1. The summed E-state index contributed by atoms with van der Waals surface area (Å²) in [6, 6.07) is 10.2. The molecule has 1 aromatic heterocycles. The van der Waals surface area contributed by atoms with Gasteiger partial charge in [-0.3, -0.25) is 14.4 Å². The molecule has 1 amide bonds. The predicted molar refractivity (Wildman–Crippen MR) is 106 cm³/mol. The third-order valence-corrected chi connectivity index (χ3v) is 4.95. The molecule has 0 unspecified atom stereocenters. The van der Waals surface area contributed by atoms with E-state index in [0.29, 0.717) is 21.8 Å². The average molecular weight is 412 g/mol. The lowest BCUT2D eigenvalue weighted by Crippen LogP contribution is -2.16. The number of carbonyl (C=O) groups is 3. The Kier molecular flexibility index (Phi) is 4.68. The van der Waals surface area contributed by atoms with Crippen LogP contribution in [0.15, 0.2) is 51.7 Å². The van der Waals surface area contributed by atoms with Crippen molar-refractivity contribution in [3.8, 4) is 0 Å². The van der Waals surface area contributed by atoms with Crippen molar-refractivity contribution >= 4 is 45.9 Å². The second-order valence-corrected chi connectivity index (χ2v) is 7.06. The van der Waals surface area contributed by atoms with Crippen LogP contribution in [0.3, 0.4) is 0 Å². The first-order valence-electron chi connectivity index (χ1n) is 8.72. The lowest BCUT2D eigenvalue weighted by Gasteiger charge is -2.07. The molecular weight excluding hydrogens is 398 g/mol. The fourth-order valence-corrected chi connectivity index (χ4v) is 3.28. The van der Waals surface area contributed by atoms with Gasteiger partial charge in [-0.15, -0.1) is 0 Å². The van der Waals surface area contributed by atoms with Crippen molar-refractivity contribution in [1.29, 1.82) is 0 Å². The number of carbonyl (C=O) groups excluding carboxylic acids is 3. The van der Waals surface area contributed by atoms with Gasteiger partial charge in [-0.1, -0.05) is 11.6 Å². The molecule has 146 valence electrons. The summed E-state index contributed by atoms with van der Waals surface area (Å²) in [4.78, 5) is 48.5. The third-order valence-electron chi connectivity index (χ3n) is 4.72. The first kappa shape index (κ1) is 18.9. The van der Waals surface area contributed by atoms with Crippen molar-refractivity contribution in [3.05, 3.63) is 74.6 Å². The van der Waals surface area contributed by atoms with E-state index in [1.807, 2.05) is 0 Å². The highest BCUT2D eigenvalue weighted by atomic mass is 35.5. The van der Waals surface area contributed by atoms with Crippen molar-refractivity contribution in [2.45, 2.75) is 12.8 Å². The van der Waals surface area contributed by atoms with Crippen LogP contribution in [0.1, 0.15) is 39.3 Å². The summed E-state index contributed by atoms with van der Waals surface area (Å²) < 4.78 is 10.4. The number of nitrogens with one attached hydrogen (secondary N) is 1. The summed E-state index contributed by atoms with van der Waals surface area (Å²) in [6.45, 7) is 1.21. The Balaban J connectivity index is 1.50. The van der Waals surface area contributed by atoms with Crippen molar-refractivity contribution in [3.63, 3.8) is 0 Å². The first-order valence-corrected chi connectivity index (χ1v) is 9.10. The molecule has 8 heteroatoms. The maximum atomic E-state index is 12.4. The van der Waals surface area contributed by atoms with Crippen LogP contribution in [0.25, 0.3) is 11.0 Å². The molecule has 7 nitrogen and oxygen atoms in total. The normalized spacial score (nSPS) is 15.1. The van der Waals surface area contributed by atoms with Crippen molar-refractivity contribution in [2.24, 2.45) is 0 Å². The summed E-state index contributed by atoms with van der Waals surface area (Å²) in [7, 11) is 0. The monoisotopic (exact) mass is 411 g/mol. The molecule has 0 bridgehead atoms. The number of hydrogen-bond donors (Lipinski definition) is 1. The van der Waals surface area contributed by atoms with Gasteiger partial charge in [0, 0.05) is 22.3 Å². The standard InChI is InChI=1S/C21H14ClNO6/c1-10-13-6-11(2-4-15(13)23-20(10)26)17(25)9-28-21(27)19-8-16(24)14-7-12(22)3-5-18(14)29-19/h2-8,10H,9H2,1H3,(H,23,26)/t10-/m0/s1. The van der Waals surface area contributed by atoms with Gasteiger partial charge >= 0.3 is 5.97 Å². The van der Waals surface area contributed by atoms with E-state index in [4.69, 9.17) is 20.8 Å². The van der Waals surface area contributed by atoms with Crippen LogP contribution in [0.5, 0.6) is 0 Å². The Bertz CT molecular complexity index is 1250. The summed E-state index contributed by atoms with van der Waals surface area (Å²) in [5.74, 6) is -2.18. The minimum absolute atomic E-state index is 0.136. The highest BCUT2D eigenvalue weighted by Gasteiger charge is 2.27. The topological polar surface area (TPSA) is 103 Å². The van der Waals surface area contributed by atoms with E-state index in [1.165, 1.54) is 18.2 Å². The van der Waals surface area contributed by atoms with E-state index in [2.05, 4.69) is 5.32 Å². The zero-order valence-electron chi connectivity index (χ0n) is 15.2. The number of Topliss-reactive ketones (excluding diaryl/α,β-unsaturated/α-hetero) is 1. The molecule has 4 rings (SSSR count). The molecule has 1 aliphatic heterocycles. The highest BCUT2D eigenvalue weighted by Crippen LogP contribution is 2.32. The molecular formula is C21H14ClNO6. The molecule has 0 aliphatic carbocycles. The molecule has 0 radical (unpaired) electrons. The Morgan fingerprint density at radius 3 is 2.72 bits per heavy atom. The minimum Gasteiger partial charge on any atom is -0.451 e. The molecule has 1 aliphatic rings. The Hall–Kier alpha value is -3.45.